The number of carbonyl (C=O) groups is 2. The first-order valence-electron chi connectivity index (χ1n) is 6.55. The zero-order valence-corrected chi connectivity index (χ0v) is 11.8. The highest BCUT2D eigenvalue weighted by Gasteiger charge is 2.20. The van der Waals surface area contributed by atoms with Gasteiger partial charge in [-0.2, -0.15) is 0 Å². The number of amides is 1. The zero-order valence-electron chi connectivity index (χ0n) is 11.8. The van der Waals surface area contributed by atoms with Crippen LogP contribution >= 0.6 is 0 Å². The summed E-state index contributed by atoms with van der Waals surface area (Å²) in [6, 6.07) is 4.32. The van der Waals surface area contributed by atoms with Crippen LogP contribution in [0.2, 0.25) is 0 Å². The molecule has 0 spiro atoms. The molecule has 22 heavy (non-hydrogen) atoms. The van der Waals surface area contributed by atoms with Gasteiger partial charge in [-0.05, 0) is 17.7 Å². The minimum absolute atomic E-state index is 0.127. The number of hydrogen-bond acceptors (Lipinski definition) is 6. The van der Waals surface area contributed by atoms with Gasteiger partial charge in [-0.15, -0.1) is 0 Å². The van der Waals surface area contributed by atoms with Gasteiger partial charge >= 0.3 is 0 Å². The molecule has 7 heteroatoms. The van der Waals surface area contributed by atoms with Gasteiger partial charge < -0.3 is 19.9 Å². The second-order valence-electron chi connectivity index (χ2n) is 4.84. The summed E-state index contributed by atoms with van der Waals surface area (Å²) in [5.74, 6) is -0.332. The topological polar surface area (TPSA) is 117 Å². The Labute approximate surface area is 125 Å². The van der Waals surface area contributed by atoms with Crippen LogP contribution in [-0.2, 0) is 4.79 Å². The van der Waals surface area contributed by atoms with Gasteiger partial charge in [-0.3, -0.25) is 14.4 Å². The van der Waals surface area contributed by atoms with Gasteiger partial charge in [0, 0.05) is 13.5 Å². The number of nitrogens with one attached hydrogen (secondary N) is 1. The summed E-state index contributed by atoms with van der Waals surface area (Å²) >= 11 is 0. The number of hydrogen-bond donors (Lipinski definition) is 3. The van der Waals surface area contributed by atoms with E-state index in [-0.39, 0.29) is 34.5 Å². The predicted molar refractivity (Wildman–Crippen MR) is 77.5 cm³/mol. The Hall–Kier alpha value is -2.51. The highest BCUT2D eigenvalue weighted by atomic mass is 16.3. The molecule has 3 N–H and O–H groups in total. The third-order valence-electron chi connectivity index (χ3n) is 3.22. The molecule has 1 heterocycles. The van der Waals surface area contributed by atoms with Crippen molar-refractivity contribution in [3.63, 3.8) is 0 Å². The maximum atomic E-state index is 12.0. The van der Waals surface area contributed by atoms with Crippen molar-refractivity contribution in [3.05, 3.63) is 45.8 Å². The summed E-state index contributed by atoms with van der Waals surface area (Å²) in [6.45, 7) is 1.17. The fourth-order valence-corrected chi connectivity index (χ4v) is 2.01. The van der Waals surface area contributed by atoms with Crippen LogP contribution in [0.4, 0.5) is 0 Å². The van der Waals surface area contributed by atoms with Gasteiger partial charge in [0.2, 0.25) is 11.3 Å². The van der Waals surface area contributed by atoms with Crippen molar-refractivity contribution in [1.29, 1.82) is 0 Å². The van der Waals surface area contributed by atoms with Crippen molar-refractivity contribution in [1.82, 2.24) is 5.32 Å². The molecular formula is C15H15NO6. The molecule has 0 saturated heterocycles. The SMILES string of the molecule is CC(=O)NCC(O)C(O)c1ccc2occ(C=O)c(=O)c2c1. The molecule has 0 fully saturated rings. The van der Waals surface area contributed by atoms with Gasteiger partial charge in [0.25, 0.3) is 0 Å². The lowest BCUT2D eigenvalue weighted by Gasteiger charge is -2.18. The Morgan fingerprint density at radius 1 is 1.41 bits per heavy atom. The molecule has 7 nitrogen and oxygen atoms in total. The molecule has 2 rings (SSSR count). The van der Waals surface area contributed by atoms with Crippen LogP contribution in [0.3, 0.4) is 0 Å². The number of aldehydes is 1. The van der Waals surface area contributed by atoms with Gasteiger partial charge in [0.05, 0.1) is 10.9 Å². The van der Waals surface area contributed by atoms with Crippen LogP contribution in [0, 0.1) is 0 Å². The van der Waals surface area contributed by atoms with E-state index in [9.17, 15) is 24.6 Å². The maximum Gasteiger partial charge on any atom is 0.216 e. The van der Waals surface area contributed by atoms with Crippen LogP contribution in [0.15, 0.2) is 33.7 Å². The molecule has 116 valence electrons. The third kappa shape index (κ3) is 3.21. The first-order valence-corrected chi connectivity index (χ1v) is 6.55. The quantitative estimate of drug-likeness (QED) is 0.676. The first-order chi connectivity index (χ1) is 10.4. The van der Waals surface area contributed by atoms with E-state index in [1.807, 2.05) is 0 Å². The average Bonchev–Trinajstić information content (AvgIpc) is 2.52. The molecule has 2 unspecified atom stereocenters. The highest BCUT2D eigenvalue weighted by molar-refractivity contribution is 5.84. The molecule has 0 bridgehead atoms. The Kier molecular flexibility index (Phi) is 4.69. The van der Waals surface area contributed by atoms with Gasteiger partial charge in [-0.1, -0.05) is 6.07 Å². The Balaban J connectivity index is 2.35. The monoisotopic (exact) mass is 305 g/mol. The lowest BCUT2D eigenvalue weighted by Crippen LogP contribution is -2.34. The summed E-state index contributed by atoms with van der Waals surface area (Å²) in [6.07, 6.45) is -1.07. The fraction of sp³-hybridized carbons (Fsp3) is 0.267. The van der Waals surface area contributed by atoms with Gasteiger partial charge in [-0.25, -0.2) is 0 Å². The molecule has 0 radical (unpaired) electrons. The minimum atomic E-state index is -1.30. The van der Waals surface area contributed by atoms with E-state index in [4.69, 9.17) is 4.42 Å². The molecule has 1 aromatic heterocycles. The maximum absolute atomic E-state index is 12.0. The molecule has 1 aromatic carbocycles. The normalized spacial score (nSPS) is 13.6. The number of fused-ring (bicyclic) bond motifs is 1. The number of carbonyl (C=O) groups excluding carboxylic acids is 2. The van der Waals surface area contributed by atoms with Crippen molar-refractivity contribution in [2.75, 3.05) is 6.54 Å². The second-order valence-corrected chi connectivity index (χ2v) is 4.84. The molecule has 2 atom stereocenters. The molecular weight excluding hydrogens is 290 g/mol. The number of rotatable bonds is 5. The lowest BCUT2D eigenvalue weighted by molar-refractivity contribution is -0.119. The third-order valence-corrected chi connectivity index (χ3v) is 3.22. The lowest BCUT2D eigenvalue weighted by atomic mass is 10.0. The van der Waals surface area contributed by atoms with Crippen LogP contribution in [0.1, 0.15) is 28.9 Å². The minimum Gasteiger partial charge on any atom is -0.463 e. The van der Waals surface area contributed by atoms with Crippen molar-refractivity contribution in [2.24, 2.45) is 0 Å². The van der Waals surface area contributed by atoms with Gasteiger partial charge in [0.15, 0.2) is 6.29 Å². The number of aliphatic hydroxyl groups excluding tert-OH is 2. The van der Waals surface area contributed by atoms with E-state index < -0.39 is 17.6 Å². The Morgan fingerprint density at radius 2 is 2.14 bits per heavy atom. The zero-order chi connectivity index (χ0) is 16.3. The molecule has 0 aliphatic carbocycles. The summed E-state index contributed by atoms with van der Waals surface area (Å²) in [7, 11) is 0. The Morgan fingerprint density at radius 3 is 2.77 bits per heavy atom. The number of aliphatic hydroxyl groups is 2. The van der Waals surface area contributed by atoms with E-state index in [0.717, 1.165) is 6.26 Å². The molecule has 0 saturated carbocycles. The fourth-order valence-electron chi connectivity index (χ4n) is 2.01. The Bertz CT molecular complexity index is 766. The highest BCUT2D eigenvalue weighted by Crippen LogP contribution is 2.21. The summed E-state index contributed by atoms with van der Waals surface area (Å²) < 4.78 is 5.16. The van der Waals surface area contributed by atoms with Crippen LogP contribution in [0.25, 0.3) is 11.0 Å². The summed E-state index contributed by atoms with van der Waals surface area (Å²) in [5.41, 5.74) is -0.0943. The molecule has 0 aliphatic heterocycles. The van der Waals surface area contributed by atoms with Crippen LogP contribution in [-0.4, -0.2) is 35.1 Å². The summed E-state index contributed by atoms with van der Waals surface area (Å²) in [5, 5.41) is 22.4. The van der Waals surface area contributed by atoms with Crippen molar-refractivity contribution in [2.45, 2.75) is 19.1 Å². The van der Waals surface area contributed by atoms with Crippen LogP contribution < -0.4 is 10.7 Å². The van der Waals surface area contributed by atoms with Crippen molar-refractivity contribution < 1.29 is 24.2 Å². The summed E-state index contributed by atoms with van der Waals surface area (Å²) in [4.78, 5) is 33.6. The van der Waals surface area contributed by atoms with Crippen molar-refractivity contribution >= 4 is 23.2 Å². The average molecular weight is 305 g/mol. The van der Waals surface area contributed by atoms with Crippen LogP contribution in [0.5, 0.6) is 0 Å². The van der Waals surface area contributed by atoms with E-state index >= 15 is 0 Å². The smallest absolute Gasteiger partial charge is 0.216 e. The van der Waals surface area contributed by atoms with Crippen molar-refractivity contribution in [3.8, 4) is 0 Å². The van der Waals surface area contributed by atoms with Gasteiger partial charge in [0.1, 0.15) is 24.1 Å². The molecule has 1 amide bonds. The van der Waals surface area contributed by atoms with E-state index in [2.05, 4.69) is 5.32 Å². The molecule has 0 aliphatic rings. The van der Waals surface area contributed by atoms with E-state index in [0.29, 0.717) is 6.29 Å². The number of benzene rings is 1. The predicted octanol–water partition coefficient (Wildman–Crippen LogP) is 0.136. The first kappa shape index (κ1) is 15.9. The standard InChI is InChI=1S/C15H15NO6/c1-8(18)16-5-12(19)15(21)9-2-3-13-11(4-9)14(20)10(6-17)7-22-13/h2-4,6-7,12,15,19,21H,5H2,1H3,(H,16,18). The van der Waals surface area contributed by atoms with E-state index in [1.165, 1.54) is 25.1 Å². The van der Waals surface area contributed by atoms with E-state index in [1.54, 1.807) is 0 Å². The largest absolute Gasteiger partial charge is 0.463 e. The second kappa shape index (κ2) is 6.50. The molecule has 2 aromatic rings.